The van der Waals surface area contributed by atoms with Crippen LogP contribution in [-0.4, -0.2) is 50.2 Å². The average molecular weight is 439 g/mol. The molecule has 0 aromatic carbocycles. The molecule has 30 heavy (non-hydrogen) atoms. The minimum Gasteiger partial charge on any atom is -0.352 e. The molecule has 3 heterocycles. The van der Waals surface area contributed by atoms with Crippen LogP contribution in [0.3, 0.4) is 0 Å². The molecule has 0 amide bonds. The van der Waals surface area contributed by atoms with Gasteiger partial charge in [0, 0.05) is 24.2 Å². The van der Waals surface area contributed by atoms with E-state index in [1.807, 2.05) is 16.8 Å². The smallest absolute Gasteiger partial charge is 0.260 e. The van der Waals surface area contributed by atoms with Crippen LogP contribution in [0.2, 0.25) is 0 Å². The molecule has 0 bridgehead atoms. The lowest BCUT2D eigenvalue weighted by Gasteiger charge is -2.38. The standard InChI is InChI=1S/C21H35N4O3P.CH4/c1-9-17-14(6)18(28-29(8)25(12(2)3)13(4)5)21(27-17)24-11-10-16-19(24)22-15(7)23-20(16)26;/h10-14,17-18,21H,9H2,1-8H3,(H,22,23,26);1H4/t14?,17-,18+,21-,29?;/m1./s1. The van der Waals surface area contributed by atoms with Crippen LogP contribution in [-0.2, 0) is 9.26 Å². The van der Waals surface area contributed by atoms with Crippen molar-refractivity contribution in [1.29, 1.82) is 0 Å². The fourth-order valence-electron chi connectivity index (χ4n) is 4.53. The summed E-state index contributed by atoms with van der Waals surface area (Å²) in [6, 6.07) is 2.62. The number of hydrogen-bond donors (Lipinski definition) is 1. The van der Waals surface area contributed by atoms with Crippen molar-refractivity contribution in [2.24, 2.45) is 5.92 Å². The first kappa shape index (κ1) is 25.0. The molecule has 7 nitrogen and oxygen atoms in total. The van der Waals surface area contributed by atoms with Gasteiger partial charge in [-0.15, -0.1) is 0 Å². The first-order valence-corrected chi connectivity index (χ1v) is 12.2. The van der Waals surface area contributed by atoms with E-state index < -0.39 is 8.30 Å². The van der Waals surface area contributed by atoms with Crippen LogP contribution in [0.5, 0.6) is 0 Å². The van der Waals surface area contributed by atoms with Crippen LogP contribution < -0.4 is 5.56 Å². The Morgan fingerprint density at radius 2 is 1.97 bits per heavy atom. The highest BCUT2D eigenvalue weighted by Gasteiger charge is 2.45. The highest BCUT2D eigenvalue weighted by Crippen LogP contribution is 2.49. The fraction of sp³-hybridized carbons (Fsp3) is 0.727. The molecular weight excluding hydrogens is 399 g/mol. The summed E-state index contributed by atoms with van der Waals surface area (Å²) in [5.41, 5.74) is 0.532. The van der Waals surface area contributed by atoms with Gasteiger partial charge >= 0.3 is 0 Å². The molecular formula is C22H39N4O3P. The number of fused-ring (bicyclic) bond motifs is 1. The second-order valence-corrected chi connectivity index (χ2v) is 10.1. The lowest BCUT2D eigenvalue weighted by Crippen LogP contribution is -2.35. The molecule has 2 aromatic heterocycles. The SMILES string of the molecule is C.CC[C@H]1O[C@@H](n2ccc3c(=O)[nH]c(C)nc32)[C@@H](OP(C)N(C(C)C)C(C)C)C1C. The normalized spacial score (nSPS) is 25.4. The first-order chi connectivity index (χ1) is 13.6. The maximum absolute atomic E-state index is 12.3. The van der Waals surface area contributed by atoms with Gasteiger partial charge in [-0.3, -0.25) is 9.46 Å². The van der Waals surface area contributed by atoms with Crippen molar-refractivity contribution >= 4 is 19.3 Å². The van der Waals surface area contributed by atoms with Crippen LogP contribution in [0.25, 0.3) is 11.0 Å². The third kappa shape index (κ3) is 4.64. The van der Waals surface area contributed by atoms with Crippen molar-refractivity contribution in [1.82, 2.24) is 19.2 Å². The molecule has 1 aliphatic rings. The number of aromatic amines is 1. The zero-order chi connectivity index (χ0) is 21.5. The Morgan fingerprint density at radius 3 is 2.53 bits per heavy atom. The summed E-state index contributed by atoms with van der Waals surface area (Å²) in [5.74, 6) is 0.846. The average Bonchev–Trinajstić information content (AvgIpc) is 3.16. The van der Waals surface area contributed by atoms with Crippen molar-refractivity contribution < 1.29 is 9.26 Å². The molecule has 1 aliphatic heterocycles. The fourth-order valence-corrected chi connectivity index (χ4v) is 6.59. The van der Waals surface area contributed by atoms with Crippen LogP contribution in [0.15, 0.2) is 17.1 Å². The van der Waals surface area contributed by atoms with E-state index >= 15 is 0 Å². The third-order valence-corrected chi connectivity index (χ3v) is 7.86. The summed E-state index contributed by atoms with van der Waals surface area (Å²) in [4.78, 5) is 19.7. The maximum Gasteiger partial charge on any atom is 0.260 e. The Morgan fingerprint density at radius 1 is 1.33 bits per heavy atom. The largest absolute Gasteiger partial charge is 0.352 e. The van der Waals surface area contributed by atoms with Gasteiger partial charge in [-0.1, -0.05) is 21.3 Å². The van der Waals surface area contributed by atoms with Gasteiger partial charge in [0.25, 0.3) is 5.56 Å². The van der Waals surface area contributed by atoms with Gasteiger partial charge in [0.15, 0.2) is 6.23 Å². The van der Waals surface area contributed by atoms with Gasteiger partial charge in [-0.05, 0) is 53.8 Å². The number of ether oxygens (including phenoxy) is 1. The van der Waals surface area contributed by atoms with E-state index in [1.165, 1.54) is 0 Å². The lowest BCUT2D eigenvalue weighted by atomic mass is 9.99. The van der Waals surface area contributed by atoms with Gasteiger partial charge in [0.05, 0.1) is 11.5 Å². The summed E-state index contributed by atoms with van der Waals surface area (Å²) in [6.07, 6.45) is 2.53. The van der Waals surface area contributed by atoms with Crippen LogP contribution in [0, 0.1) is 12.8 Å². The zero-order valence-electron chi connectivity index (χ0n) is 18.8. The van der Waals surface area contributed by atoms with E-state index in [9.17, 15) is 4.79 Å². The van der Waals surface area contributed by atoms with Gasteiger partial charge in [-0.25, -0.2) is 4.98 Å². The predicted molar refractivity (Wildman–Crippen MR) is 125 cm³/mol. The molecule has 2 aromatic rings. The van der Waals surface area contributed by atoms with Gasteiger partial charge in [-0.2, -0.15) is 0 Å². The van der Waals surface area contributed by atoms with Crippen LogP contribution >= 0.6 is 8.30 Å². The lowest BCUT2D eigenvalue weighted by molar-refractivity contribution is -0.0284. The summed E-state index contributed by atoms with van der Waals surface area (Å²) in [5, 5.41) is 0.579. The Labute approximate surface area is 182 Å². The van der Waals surface area contributed by atoms with E-state index in [-0.39, 0.29) is 37.3 Å². The van der Waals surface area contributed by atoms with E-state index in [0.717, 1.165) is 6.42 Å². The maximum atomic E-state index is 12.3. The summed E-state index contributed by atoms with van der Waals surface area (Å²) >= 11 is 0. The second-order valence-electron chi connectivity index (χ2n) is 8.55. The molecule has 1 N–H and O–H groups in total. The molecule has 5 atom stereocenters. The summed E-state index contributed by atoms with van der Waals surface area (Å²) in [7, 11) is -0.791. The monoisotopic (exact) mass is 438 g/mol. The topological polar surface area (TPSA) is 72.4 Å². The molecule has 3 rings (SSSR count). The number of aromatic nitrogens is 3. The number of rotatable bonds is 7. The number of H-pyrrole nitrogens is 1. The summed E-state index contributed by atoms with van der Waals surface area (Å²) in [6.45, 7) is 17.2. The van der Waals surface area contributed by atoms with E-state index in [1.54, 1.807) is 6.92 Å². The Kier molecular flexibility index (Phi) is 8.25. The molecule has 0 aliphatic carbocycles. The van der Waals surface area contributed by atoms with Gasteiger partial charge in [0.1, 0.15) is 25.9 Å². The van der Waals surface area contributed by atoms with Crippen molar-refractivity contribution in [3.8, 4) is 0 Å². The van der Waals surface area contributed by atoms with Crippen LogP contribution in [0.4, 0.5) is 0 Å². The Balaban J connectivity index is 0.00000320. The zero-order valence-corrected chi connectivity index (χ0v) is 19.7. The quantitative estimate of drug-likeness (QED) is 0.612. The minimum atomic E-state index is -0.791. The highest BCUT2D eigenvalue weighted by molar-refractivity contribution is 7.49. The highest BCUT2D eigenvalue weighted by atomic mass is 31.2. The molecule has 1 saturated heterocycles. The van der Waals surface area contributed by atoms with Gasteiger partial charge in [0.2, 0.25) is 0 Å². The second kappa shape index (κ2) is 9.90. The van der Waals surface area contributed by atoms with Gasteiger partial charge < -0.3 is 18.8 Å². The number of nitrogens with zero attached hydrogens (tertiary/aromatic N) is 3. The predicted octanol–water partition coefficient (Wildman–Crippen LogP) is 5.06. The van der Waals surface area contributed by atoms with E-state index in [4.69, 9.17) is 9.26 Å². The van der Waals surface area contributed by atoms with Crippen molar-refractivity contribution in [2.75, 3.05) is 6.66 Å². The third-order valence-electron chi connectivity index (χ3n) is 5.73. The van der Waals surface area contributed by atoms with E-state index in [0.29, 0.717) is 28.9 Å². The van der Waals surface area contributed by atoms with Crippen molar-refractivity contribution in [2.45, 2.75) is 92.8 Å². The molecule has 0 spiro atoms. The molecule has 0 radical (unpaired) electrons. The Bertz CT molecular complexity index is 886. The first-order valence-electron chi connectivity index (χ1n) is 10.6. The van der Waals surface area contributed by atoms with Crippen molar-refractivity contribution in [3.63, 3.8) is 0 Å². The molecule has 0 saturated carbocycles. The minimum absolute atomic E-state index is 0. The summed E-state index contributed by atoms with van der Waals surface area (Å²) < 4.78 is 17.6. The van der Waals surface area contributed by atoms with Crippen molar-refractivity contribution in [3.05, 3.63) is 28.4 Å². The van der Waals surface area contributed by atoms with E-state index in [2.05, 4.69) is 62.8 Å². The number of hydrogen-bond acceptors (Lipinski definition) is 5. The molecule has 1 fully saturated rings. The van der Waals surface area contributed by atoms with Crippen LogP contribution in [0.1, 0.15) is 67.4 Å². The Hall–Kier alpha value is -1.27. The number of nitrogens with one attached hydrogen (secondary N) is 1. The molecule has 170 valence electrons. The molecule has 8 heteroatoms. The number of aryl methyl sites for hydroxylation is 1. The molecule has 2 unspecified atom stereocenters.